The van der Waals surface area contributed by atoms with E-state index >= 15 is 0 Å². The summed E-state index contributed by atoms with van der Waals surface area (Å²) >= 11 is 5.26. The number of carbonyl (C=O) groups excluding carboxylic acids is 2. The van der Waals surface area contributed by atoms with Gasteiger partial charge in [0, 0.05) is 12.5 Å². The molecule has 0 heterocycles. The van der Waals surface area contributed by atoms with Gasteiger partial charge in [-0.25, -0.2) is 0 Å². The van der Waals surface area contributed by atoms with Crippen LogP contribution in [0, 0.1) is 0 Å². The summed E-state index contributed by atoms with van der Waals surface area (Å²) in [5.74, 6) is 0.277. The number of phenolic OH excluding ortho intramolecular Hbond substituents is 1. The highest BCUT2D eigenvalue weighted by molar-refractivity contribution is 6.63. The van der Waals surface area contributed by atoms with Crippen LogP contribution in [0.5, 0.6) is 11.5 Å². The molecular formula is C17H21ClO4. The fourth-order valence-corrected chi connectivity index (χ4v) is 2.20. The third kappa shape index (κ3) is 5.90. The molecule has 0 fully saturated rings. The van der Waals surface area contributed by atoms with Gasteiger partial charge in [-0.3, -0.25) is 9.59 Å². The molecule has 22 heavy (non-hydrogen) atoms. The second kappa shape index (κ2) is 9.26. The van der Waals surface area contributed by atoms with Crippen molar-refractivity contribution in [1.29, 1.82) is 0 Å². The lowest BCUT2D eigenvalue weighted by Crippen LogP contribution is -2.03. The summed E-state index contributed by atoms with van der Waals surface area (Å²) in [6, 6.07) is 3.11. The number of hydrogen-bond donors (Lipinski definition) is 1. The fourth-order valence-electron chi connectivity index (χ4n) is 2.07. The monoisotopic (exact) mass is 324 g/mol. The maximum Gasteiger partial charge on any atom is 0.221 e. The molecule has 0 aliphatic heterocycles. The Morgan fingerprint density at radius 1 is 1.32 bits per heavy atom. The van der Waals surface area contributed by atoms with Gasteiger partial charge in [-0.1, -0.05) is 6.08 Å². The number of unbranched alkanes of at least 4 members (excludes halogenated alkanes) is 2. The topological polar surface area (TPSA) is 63.6 Å². The van der Waals surface area contributed by atoms with E-state index in [1.54, 1.807) is 12.1 Å². The first-order chi connectivity index (χ1) is 10.5. The zero-order chi connectivity index (χ0) is 16.5. The predicted molar refractivity (Wildman–Crippen MR) is 86.8 cm³/mol. The lowest BCUT2D eigenvalue weighted by Gasteiger charge is -2.13. The molecule has 120 valence electrons. The van der Waals surface area contributed by atoms with Crippen molar-refractivity contribution in [1.82, 2.24) is 0 Å². The number of halogens is 1. The van der Waals surface area contributed by atoms with E-state index in [-0.39, 0.29) is 22.3 Å². The van der Waals surface area contributed by atoms with Gasteiger partial charge in [0.15, 0.2) is 5.78 Å². The quantitative estimate of drug-likeness (QED) is 0.305. The number of carbonyl (C=O) groups is 2. The Morgan fingerprint density at radius 3 is 2.64 bits per heavy atom. The van der Waals surface area contributed by atoms with Crippen molar-refractivity contribution in [3.8, 4) is 11.5 Å². The minimum atomic E-state index is -0.320. The zero-order valence-corrected chi connectivity index (χ0v) is 13.5. The highest BCUT2D eigenvalue weighted by atomic mass is 35.5. The molecule has 1 rings (SSSR count). The molecule has 0 saturated heterocycles. The standard InChI is InChI=1S/C17H21ClO4/c1-3-7-13-10-14(12(2)19)15(20)11-16(13)22-9-6-4-5-8-17(18)21/h3,10-11,20H,1,4-9H2,2H3. The molecule has 1 aromatic carbocycles. The van der Waals surface area contributed by atoms with E-state index in [0.29, 0.717) is 25.2 Å². The van der Waals surface area contributed by atoms with E-state index in [2.05, 4.69) is 6.58 Å². The Bertz CT molecular complexity index is 552. The molecule has 0 unspecified atom stereocenters. The van der Waals surface area contributed by atoms with Gasteiger partial charge in [0.2, 0.25) is 5.24 Å². The van der Waals surface area contributed by atoms with Gasteiger partial charge in [-0.05, 0) is 55.8 Å². The predicted octanol–water partition coefficient (Wildman–Crippen LogP) is 4.03. The number of benzene rings is 1. The Morgan fingerprint density at radius 2 is 2.05 bits per heavy atom. The van der Waals surface area contributed by atoms with E-state index in [1.165, 1.54) is 13.0 Å². The molecule has 0 radical (unpaired) electrons. The molecule has 4 nitrogen and oxygen atoms in total. The molecule has 0 saturated carbocycles. The second-order valence-electron chi connectivity index (χ2n) is 5.04. The highest BCUT2D eigenvalue weighted by Gasteiger charge is 2.12. The maximum atomic E-state index is 11.5. The number of phenols is 1. The van der Waals surface area contributed by atoms with Gasteiger partial charge in [0.25, 0.3) is 0 Å². The van der Waals surface area contributed by atoms with Gasteiger partial charge in [0.05, 0.1) is 12.2 Å². The van der Waals surface area contributed by atoms with Crippen LogP contribution in [-0.4, -0.2) is 22.7 Å². The smallest absolute Gasteiger partial charge is 0.221 e. The van der Waals surface area contributed by atoms with Crippen LogP contribution >= 0.6 is 11.6 Å². The zero-order valence-electron chi connectivity index (χ0n) is 12.7. The van der Waals surface area contributed by atoms with Gasteiger partial charge < -0.3 is 9.84 Å². The average molecular weight is 325 g/mol. The van der Waals surface area contributed by atoms with Crippen LogP contribution in [0.3, 0.4) is 0 Å². The molecule has 0 aliphatic carbocycles. The normalized spacial score (nSPS) is 10.3. The Hall–Kier alpha value is -1.81. The SMILES string of the molecule is C=CCc1cc(C(C)=O)c(O)cc1OCCCCCC(=O)Cl. The molecule has 1 aromatic rings. The first kappa shape index (κ1) is 18.2. The first-order valence-corrected chi connectivity index (χ1v) is 7.62. The molecule has 0 aliphatic rings. The van der Waals surface area contributed by atoms with Gasteiger partial charge in [-0.15, -0.1) is 6.58 Å². The summed E-state index contributed by atoms with van der Waals surface area (Å²) < 4.78 is 5.68. The summed E-state index contributed by atoms with van der Waals surface area (Å²) in [4.78, 5) is 22.1. The van der Waals surface area contributed by atoms with Crippen LogP contribution < -0.4 is 4.74 Å². The number of ether oxygens (including phenoxy) is 1. The van der Waals surface area contributed by atoms with E-state index in [1.807, 2.05) is 0 Å². The molecule has 0 atom stereocenters. The van der Waals surface area contributed by atoms with Crippen molar-refractivity contribution < 1.29 is 19.4 Å². The van der Waals surface area contributed by atoms with Crippen LogP contribution in [0.2, 0.25) is 0 Å². The fraction of sp³-hybridized carbons (Fsp3) is 0.412. The van der Waals surface area contributed by atoms with E-state index in [0.717, 1.165) is 24.8 Å². The number of allylic oxidation sites excluding steroid dienone is 1. The largest absolute Gasteiger partial charge is 0.507 e. The van der Waals surface area contributed by atoms with Crippen molar-refractivity contribution in [2.24, 2.45) is 0 Å². The molecule has 5 heteroatoms. The summed E-state index contributed by atoms with van der Waals surface area (Å²) in [5.41, 5.74) is 1.10. The van der Waals surface area contributed by atoms with Gasteiger partial charge in [-0.2, -0.15) is 0 Å². The average Bonchev–Trinajstić information content (AvgIpc) is 2.44. The number of Topliss-reactive ketones (excluding diaryl/α,β-unsaturated/α-hetero) is 1. The van der Waals surface area contributed by atoms with Gasteiger partial charge in [0.1, 0.15) is 11.5 Å². The summed E-state index contributed by atoms with van der Waals surface area (Å²) in [7, 11) is 0. The highest BCUT2D eigenvalue weighted by Crippen LogP contribution is 2.29. The number of rotatable bonds is 10. The van der Waals surface area contributed by atoms with Crippen LogP contribution in [-0.2, 0) is 11.2 Å². The second-order valence-corrected chi connectivity index (χ2v) is 5.46. The summed E-state index contributed by atoms with van der Waals surface area (Å²) in [6.07, 6.45) is 5.00. The lowest BCUT2D eigenvalue weighted by atomic mass is 10.0. The van der Waals surface area contributed by atoms with Gasteiger partial charge >= 0.3 is 0 Å². The maximum absolute atomic E-state index is 11.5. The minimum Gasteiger partial charge on any atom is -0.507 e. The molecular weight excluding hydrogens is 304 g/mol. The molecule has 0 bridgehead atoms. The third-order valence-corrected chi connectivity index (χ3v) is 3.39. The Balaban J connectivity index is 2.65. The molecule has 1 N–H and O–H groups in total. The van der Waals surface area contributed by atoms with Crippen LogP contribution in [0.15, 0.2) is 24.8 Å². The van der Waals surface area contributed by atoms with Crippen LogP contribution in [0.4, 0.5) is 0 Å². The van der Waals surface area contributed by atoms with Crippen molar-refractivity contribution >= 4 is 22.6 Å². The lowest BCUT2D eigenvalue weighted by molar-refractivity contribution is -0.111. The third-order valence-electron chi connectivity index (χ3n) is 3.20. The van der Waals surface area contributed by atoms with Crippen molar-refractivity contribution in [3.05, 3.63) is 35.9 Å². The Labute approximate surface area is 135 Å². The van der Waals surface area contributed by atoms with E-state index in [4.69, 9.17) is 16.3 Å². The summed E-state index contributed by atoms with van der Waals surface area (Å²) in [5, 5.41) is 9.56. The molecule has 0 amide bonds. The van der Waals surface area contributed by atoms with Crippen LogP contribution in [0.1, 0.15) is 48.5 Å². The van der Waals surface area contributed by atoms with Crippen molar-refractivity contribution in [2.45, 2.75) is 39.0 Å². The Kier molecular flexibility index (Phi) is 7.67. The number of hydrogen-bond acceptors (Lipinski definition) is 4. The minimum absolute atomic E-state index is 0.0805. The van der Waals surface area contributed by atoms with Crippen molar-refractivity contribution in [3.63, 3.8) is 0 Å². The summed E-state index contributed by atoms with van der Waals surface area (Å²) in [6.45, 7) is 5.56. The molecule has 0 spiro atoms. The van der Waals surface area contributed by atoms with E-state index in [9.17, 15) is 14.7 Å². The van der Waals surface area contributed by atoms with E-state index < -0.39 is 0 Å². The van der Waals surface area contributed by atoms with Crippen molar-refractivity contribution in [2.75, 3.05) is 6.61 Å². The first-order valence-electron chi connectivity index (χ1n) is 7.24. The van der Waals surface area contributed by atoms with Crippen LogP contribution in [0.25, 0.3) is 0 Å². The number of ketones is 1. The molecule has 0 aromatic heterocycles. The number of aromatic hydroxyl groups is 1.